The fourth-order valence-corrected chi connectivity index (χ4v) is 0.144. The molecule has 0 aliphatic rings. The highest BCUT2D eigenvalue weighted by molar-refractivity contribution is 5.85. The molecule has 0 aromatic carbocycles. The number of rotatable bonds is 2. The van der Waals surface area contributed by atoms with Gasteiger partial charge >= 0.3 is 0 Å². The Morgan fingerprint density at radius 2 is 2.43 bits per heavy atom. The van der Waals surface area contributed by atoms with E-state index < -0.39 is 13.3 Å². The first kappa shape index (κ1) is 2.70. The highest BCUT2D eigenvalue weighted by atomic mass is 35.5. The zero-order valence-electron chi connectivity index (χ0n) is 9.49. The minimum absolute atomic E-state index is 0. The Hall–Kier alpha value is 0.250. The van der Waals surface area contributed by atoms with Gasteiger partial charge in [0.1, 0.15) is 0 Å². The summed E-state index contributed by atoms with van der Waals surface area (Å²) >= 11 is 0. The van der Waals surface area contributed by atoms with Crippen LogP contribution in [0.25, 0.3) is 0 Å². The Balaban J connectivity index is 0. The molecule has 0 aliphatic heterocycles. The van der Waals surface area contributed by atoms with Crippen LogP contribution in [0.2, 0.25) is 0 Å². The molecule has 0 spiro atoms. The highest BCUT2D eigenvalue weighted by Gasteiger charge is 1.82. The zero-order chi connectivity index (χ0) is 9.28. The molecule has 0 heterocycles. The first-order chi connectivity index (χ1) is 4.67. The van der Waals surface area contributed by atoms with Crippen LogP contribution in [0, 0.1) is 0 Å². The lowest BCUT2D eigenvalue weighted by Gasteiger charge is -2.00. The molecule has 1 N–H and O–H groups in total. The van der Waals surface area contributed by atoms with Crippen LogP contribution in [0.15, 0.2) is 0 Å². The summed E-state index contributed by atoms with van der Waals surface area (Å²) in [5, 5.41) is 2.33. The Bertz CT molecular complexity index is 132. The van der Waals surface area contributed by atoms with Crippen LogP contribution in [0.4, 0.5) is 0 Å². The molecule has 46 valence electrons. The minimum Gasteiger partial charge on any atom is -0.315 e. The predicted molar refractivity (Wildman–Crippen MR) is 36.1 cm³/mol. The molecule has 0 saturated carbocycles. The average Bonchev–Trinajstić information content (AvgIpc) is 1.56. The monoisotopic (exact) mass is 128 g/mol. The van der Waals surface area contributed by atoms with Crippen LogP contribution in [0.1, 0.15) is 27.6 Å². The van der Waals surface area contributed by atoms with E-state index in [1.165, 1.54) is 0 Å². The molecule has 0 aromatic rings. The van der Waals surface area contributed by atoms with Crippen molar-refractivity contribution in [3.8, 4) is 0 Å². The lowest BCUT2D eigenvalue weighted by molar-refractivity contribution is 0.613. The first-order valence-corrected chi connectivity index (χ1v) is 1.94. The maximum absolute atomic E-state index is 7.10. The smallest absolute Gasteiger partial charge is 0.0425 e. The van der Waals surface area contributed by atoms with Crippen molar-refractivity contribution in [2.24, 2.45) is 0 Å². The summed E-state index contributed by atoms with van der Waals surface area (Å²) in [4.78, 5) is 0. The third-order valence-corrected chi connectivity index (χ3v) is 0.361. The fraction of sp³-hybridized carbons (Fsp3) is 1.00. The van der Waals surface area contributed by atoms with Crippen molar-refractivity contribution in [1.82, 2.24) is 5.32 Å². The van der Waals surface area contributed by atoms with Crippen LogP contribution in [-0.2, 0) is 0 Å². The van der Waals surface area contributed by atoms with E-state index >= 15 is 0 Å². The maximum Gasteiger partial charge on any atom is 0.0425 e. The molecule has 0 saturated heterocycles. The topological polar surface area (TPSA) is 12.0 Å². The summed E-state index contributed by atoms with van der Waals surface area (Å²) in [5.74, 6) is 0. The van der Waals surface area contributed by atoms with Crippen LogP contribution >= 0.6 is 12.4 Å². The van der Waals surface area contributed by atoms with Gasteiger partial charge in [0.15, 0.2) is 0 Å². The molecular weight excluding hydrogens is 110 g/mol. The largest absolute Gasteiger partial charge is 0.315 e. The third-order valence-electron chi connectivity index (χ3n) is 0.361. The molecule has 7 heavy (non-hydrogen) atoms. The van der Waals surface area contributed by atoms with Gasteiger partial charge in [-0.05, 0) is 6.50 Å². The molecule has 0 amide bonds. The van der Waals surface area contributed by atoms with Gasteiger partial charge in [-0.25, -0.2) is 0 Å². The fourth-order valence-electron chi connectivity index (χ4n) is 0.144. The Morgan fingerprint density at radius 1 is 1.86 bits per heavy atom. The van der Waals surface area contributed by atoms with Crippen molar-refractivity contribution in [3.05, 3.63) is 0 Å². The van der Waals surface area contributed by atoms with Gasteiger partial charge in [0, 0.05) is 12.9 Å². The summed E-state index contributed by atoms with van der Waals surface area (Å²) in [6.07, 6.45) is 0. The van der Waals surface area contributed by atoms with Crippen molar-refractivity contribution >= 4 is 12.4 Å². The van der Waals surface area contributed by atoms with Gasteiger partial charge in [0.25, 0.3) is 0 Å². The van der Waals surface area contributed by atoms with Crippen molar-refractivity contribution < 1.29 is 6.85 Å². The molecule has 0 rings (SSSR count). The van der Waals surface area contributed by atoms with Crippen LogP contribution in [0.5, 0.6) is 0 Å². The van der Waals surface area contributed by atoms with E-state index in [0.717, 1.165) is 0 Å². The molecule has 0 radical (unpaired) electrons. The van der Waals surface area contributed by atoms with Gasteiger partial charge in [-0.3, -0.25) is 0 Å². The van der Waals surface area contributed by atoms with E-state index in [2.05, 4.69) is 5.32 Å². The van der Waals surface area contributed by atoms with E-state index in [1.807, 2.05) is 0 Å². The number of hydrogen-bond donors (Lipinski definition) is 1. The third kappa shape index (κ3) is 10.7. The molecule has 0 unspecified atom stereocenters. The van der Waals surface area contributed by atoms with E-state index in [0.29, 0.717) is 0 Å². The average molecular weight is 129 g/mol. The van der Waals surface area contributed by atoms with Gasteiger partial charge < -0.3 is 5.32 Å². The molecule has 0 fully saturated rings. The number of nitrogens with one attached hydrogen (secondary N) is 1. The first-order valence-electron chi connectivity index (χ1n) is 4.44. The van der Waals surface area contributed by atoms with Gasteiger partial charge in [0.2, 0.25) is 0 Å². The molecule has 0 atom stereocenters. The van der Waals surface area contributed by atoms with Gasteiger partial charge in [0.05, 0.1) is 0 Å². The van der Waals surface area contributed by atoms with Crippen molar-refractivity contribution in [2.45, 2.75) is 26.7 Å². The van der Waals surface area contributed by atoms with Crippen LogP contribution < -0.4 is 5.32 Å². The summed E-state index contributed by atoms with van der Waals surface area (Å²) < 4.78 is 34.7. The van der Waals surface area contributed by atoms with Gasteiger partial charge in [-0.2, -0.15) is 0 Å². The van der Waals surface area contributed by atoms with E-state index in [9.17, 15) is 0 Å². The lowest BCUT2D eigenvalue weighted by atomic mass is 10.4. The minimum atomic E-state index is -2.60. The number of halogens is 1. The van der Waals surface area contributed by atoms with E-state index in [1.54, 1.807) is 13.8 Å². The Morgan fingerprint density at radius 3 is 2.57 bits per heavy atom. The summed E-state index contributed by atoms with van der Waals surface area (Å²) in [5.41, 5.74) is 0. The highest BCUT2D eigenvalue weighted by Crippen LogP contribution is 1.70. The number of hydrogen-bond acceptors (Lipinski definition) is 1. The van der Waals surface area contributed by atoms with Gasteiger partial charge in [-0.15, -0.1) is 12.4 Å². The molecular formula is C5H14ClN. The second-order valence-corrected chi connectivity index (χ2v) is 1.42. The summed E-state index contributed by atoms with van der Waals surface area (Å²) in [6, 6.07) is -0.176. The maximum atomic E-state index is 7.10. The van der Waals surface area contributed by atoms with E-state index in [4.69, 9.17) is 6.85 Å². The summed E-state index contributed by atoms with van der Waals surface area (Å²) in [7, 11) is 0. The predicted octanol–water partition coefficient (Wildman–Crippen LogP) is 1.43. The Kier molecular flexibility index (Phi) is 2.41. The Labute approximate surface area is 58.9 Å². The molecule has 2 heteroatoms. The molecule has 0 bridgehead atoms. The molecule has 0 aromatic heterocycles. The van der Waals surface area contributed by atoms with Crippen molar-refractivity contribution in [1.29, 1.82) is 0 Å². The molecule has 1 nitrogen and oxygen atoms in total. The normalized spacial score (nSPS) is 23.0. The van der Waals surface area contributed by atoms with Crippen LogP contribution in [-0.4, -0.2) is 12.5 Å². The second kappa shape index (κ2) is 6.25. The zero-order valence-corrected chi connectivity index (χ0v) is 5.30. The molecule has 0 aliphatic carbocycles. The second-order valence-electron chi connectivity index (χ2n) is 1.42. The van der Waals surface area contributed by atoms with E-state index in [-0.39, 0.29) is 18.4 Å². The van der Waals surface area contributed by atoms with Crippen molar-refractivity contribution in [3.63, 3.8) is 0 Å². The SMILES string of the molecule is Cl.[2H]C([2H])([2H])C([2H])([2H])NC(C)C. The summed E-state index contributed by atoms with van der Waals surface area (Å²) in [6.45, 7) is -1.49. The van der Waals surface area contributed by atoms with Gasteiger partial charge in [-0.1, -0.05) is 20.7 Å². The van der Waals surface area contributed by atoms with Crippen LogP contribution in [0.3, 0.4) is 0 Å². The quantitative estimate of drug-likeness (QED) is 0.594. The standard InChI is InChI=1S/C5H13N.ClH/c1-4-6-5(2)3;/h5-6H,4H2,1-3H3;1H/i1D3,4D2;. The lowest BCUT2D eigenvalue weighted by Crippen LogP contribution is -2.21. The van der Waals surface area contributed by atoms with Crippen molar-refractivity contribution in [2.75, 3.05) is 6.50 Å².